The number of benzene rings is 2. The molecule has 1 aliphatic rings. The van der Waals surface area contributed by atoms with Crippen LogP contribution in [0.1, 0.15) is 28.2 Å². The minimum Gasteiger partial charge on any atom is -0.0985 e. The first kappa shape index (κ1) is 11.0. The zero-order valence-corrected chi connectivity index (χ0v) is 10.3. The second-order valence-corrected chi connectivity index (χ2v) is 4.74. The molecule has 0 heterocycles. The van der Waals surface area contributed by atoms with E-state index in [1.165, 1.54) is 22.3 Å². The first-order valence-corrected chi connectivity index (χ1v) is 6.35. The molecule has 0 fully saturated rings. The summed E-state index contributed by atoms with van der Waals surface area (Å²) in [6.45, 7) is 3.78. The van der Waals surface area contributed by atoms with Crippen LogP contribution in [0.15, 0.2) is 61.2 Å². The van der Waals surface area contributed by atoms with Gasteiger partial charge >= 0.3 is 0 Å². The van der Waals surface area contributed by atoms with Gasteiger partial charge in [0.15, 0.2) is 0 Å². The minimum absolute atomic E-state index is 0.524. The molecule has 3 rings (SSSR count). The third kappa shape index (κ3) is 2.02. The molecule has 0 radical (unpaired) electrons. The van der Waals surface area contributed by atoms with E-state index in [4.69, 9.17) is 0 Å². The Bertz CT molecular complexity index is 588. The van der Waals surface area contributed by atoms with Crippen LogP contribution >= 0.6 is 0 Å². The first-order valence-electron chi connectivity index (χ1n) is 6.35. The molecule has 0 saturated carbocycles. The van der Waals surface area contributed by atoms with Gasteiger partial charge in [-0.1, -0.05) is 73.3 Å². The lowest BCUT2D eigenvalue weighted by molar-refractivity contribution is 0.850. The highest BCUT2D eigenvalue weighted by Crippen LogP contribution is 2.32. The van der Waals surface area contributed by atoms with Crippen LogP contribution in [0.25, 0.3) is 12.2 Å². The van der Waals surface area contributed by atoms with Crippen molar-refractivity contribution in [3.05, 3.63) is 83.4 Å². The molecular weight excluding hydrogens is 216 g/mol. The lowest BCUT2D eigenvalue weighted by Gasteiger charge is -2.11. The molecule has 1 aliphatic carbocycles. The summed E-state index contributed by atoms with van der Waals surface area (Å²) in [6.07, 6.45) is 7.50. The molecule has 0 spiro atoms. The van der Waals surface area contributed by atoms with Gasteiger partial charge in [0.25, 0.3) is 0 Å². The SMILES string of the molecule is C=Cc1ccc(CC2C=Cc3ccccc32)cc1. The average Bonchev–Trinajstić information content (AvgIpc) is 2.83. The summed E-state index contributed by atoms with van der Waals surface area (Å²) in [5.41, 5.74) is 5.38. The Balaban J connectivity index is 1.82. The van der Waals surface area contributed by atoms with Gasteiger partial charge in [0.1, 0.15) is 0 Å². The number of rotatable bonds is 3. The second kappa shape index (κ2) is 4.66. The fourth-order valence-corrected chi connectivity index (χ4v) is 2.55. The van der Waals surface area contributed by atoms with E-state index >= 15 is 0 Å². The normalized spacial score (nSPS) is 16.6. The summed E-state index contributed by atoms with van der Waals surface area (Å²) < 4.78 is 0. The standard InChI is InChI=1S/C18H16/c1-2-14-7-9-15(10-8-14)13-17-12-11-16-5-3-4-6-18(16)17/h2-12,17H,1,13H2. The maximum Gasteiger partial charge on any atom is 0.00676 e. The van der Waals surface area contributed by atoms with E-state index < -0.39 is 0 Å². The van der Waals surface area contributed by atoms with Gasteiger partial charge in [0.05, 0.1) is 0 Å². The molecule has 1 atom stereocenters. The highest BCUT2D eigenvalue weighted by atomic mass is 14.2. The van der Waals surface area contributed by atoms with Gasteiger partial charge in [-0.15, -0.1) is 0 Å². The van der Waals surface area contributed by atoms with Crippen LogP contribution in [0.3, 0.4) is 0 Å². The molecule has 0 N–H and O–H groups in total. The van der Waals surface area contributed by atoms with Crippen LogP contribution in [0, 0.1) is 0 Å². The van der Waals surface area contributed by atoms with Crippen LogP contribution in [0.5, 0.6) is 0 Å². The molecule has 0 aromatic heterocycles. The minimum atomic E-state index is 0.524. The molecule has 0 heteroatoms. The molecule has 0 aliphatic heterocycles. The number of fused-ring (bicyclic) bond motifs is 1. The van der Waals surface area contributed by atoms with Gasteiger partial charge in [-0.05, 0) is 28.7 Å². The van der Waals surface area contributed by atoms with Crippen LogP contribution in [0.2, 0.25) is 0 Å². The predicted molar refractivity (Wildman–Crippen MR) is 78.5 cm³/mol. The van der Waals surface area contributed by atoms with E-state index in [9.17, 15) is 0 Å². The van der Waals surface area contributed by atoms with Crippen molar-refractivity contribution in [2.24, 2.45) is 0 Å². The maximum atomic E-state index is 3.78. The van der Waals surface area contributed by atoms with E-state index in [2.05, 4.69) is 67.3 Å². The lowest BCUT2D eigenvalue weighted by atomic mass is 9.93. The van der Waals surface area contributed by atoms with Crippen molar-refractivity contribution in [1.82, 2.24) is 0 Å². The van der Waals surface area contributed by atoms with Crippen molar-refractivity contribution in [3.8, 4) is 0 Å². The van der Waals surface area contributed by atoms with Crippen molar-refractivity contribution in [1.29, 1.82) is 0 Å². The Kier molecular flexibility index (Phi) is 2.85. The van der Waals surface area contributed by atoms with E-state index in [1.54, 1.807) is 0 Å². The smallest absolute Gasteiger partial charge is 0.00676 e. The molecule has 0 saturated heterocycles. The Morgan fingerprint density at radius 3 is 2.56 bits per heavy atom. The van der Waals surface area contributed by atoms with Gasteiger partial charge < -0.3 is 0 Å². The largest absolute Gasteiger partial charge is 0.0985 e. The predicted octanol–water partition coefficient (Wildman–Crippen LogP) is 4.68. The summed E-state index contributed by atoms with van der Waals surface area (Å²) in [6, 6.07) is 17.3. The van der Waals surface area contributed by atoms with Gasteiger partial charge in [-0.3, -0.25) is 0 Å². The zero-order valence-electron chi connectivity index (χ0n) is 10.3. The molecule has 18 heavy (non-hydrogen) atoms. The maximum absolute atomic E-state index is 3.78. The van der Waals surface area contributed by atoms with Gasteiger partial charge in [-0.2, -0.15) is 0 Å². The fourth-order valence-electron chi connectivity index (χ4n) is 2.55. The van der Waals surface area contributed by atoms with Crippen molar-refractivity contribution >= 4 is 12.2 Å². The lowest BCUT2D eigenvalue weighted by Crippen LogP contribution is -1.98. The molecule has 88 valence electrons. The molecule has 0 bridgehead atoms. The van der Waals surface area contributed by atoms with Crippen LogP contribution < -0.4 is 0 Å². The molecule has 0 nitrogen and oxygen atoms in total. The zero-order chi connectivity index (χ0) is 12.4. The quantitative estimate of drug-likeness (QED) is 0.720. The summed E-state index contributed by atoms with van der Waals surface area (Å²) in [4.78, 5) is 0. The molecule has 1 unspecified atom stereocenters. The molecule has 2 aromatic rings. The van der Waals surface area contributed by atoms with E-state index in [1.807, 2.05) is 6.08 Å². The van der Waals surface area contributed by atoms with Crippen molar-refractivity contribution < 1.29 is 0 Å². The van der Waals surface area contributed by atoms with E-state index in [0.29, 0.717) is 5.92 Å². The van der Waals surface area contributed by atoms with Crippen LogP contribution in [-0.2, 0) is 6.42 Å². The summed E-state index contributed by atoms with van der Waals surface area (Å²) in [7, 11) is 0. The van der Waals surface area contributed by atoms with Crippen LogP contribution in [0.4, 0.5) is 0 Å². The van der Waals surface area contributed by atoms with Crippen LogP contribution in [-0.4, -0.2) is 0 Å². The average molecular weight is 232 g/mol. The third-order valence-corrected chi connectivity index (χ3v) is 3.57. The Morgan fingerprint density at radius 1 is 1.00 bits per heavy atom. The third-order valence-electron chi connectivity index (χ3n) is 3.57. The van der Waals surface area contributed by atoms with Gasteiger partial charge in [0, 0.05) is 5.92 Å². The summed E-state index contributed by atoms with van der Waals surface area (Å²) >= 11 is 0. The number of hydrogen-bond acceptors (Lipinski definition) is 0. The number of allylic oxidation sites excluding steroid dienone is 1. The fraction of sp³-hybridized carbons (Fsp3) is 0.111. The summed E-state index contributed by atoms with van der Waals surface area (Å²) in [5.74, 6) is 0.524. The highest BCUT2D eigenvalue weighted by Gasteiger charge is 2.16. The van der Waals surface area contributed by atoms with Crippen molar-refractivity contribution in [2.75, 3.05) is 0 Å². The van der Waals surface area contributed by atoms with E-state index in [-0.39, 0.29) is 0 Å². The summed E-state index contributed by atoms with van der Waals surface area (Å²) in [5, 5.41) is 0. The Labute approximate surface area is 108 Å². The molecular formula is C18H16. The van der Waals surface area contributed by atoms with E-state index in [0.717, 1.165) is 6.42 Å². The van der Waals surface area contributed by atoms with Gasteiger partial charge in [-0.25, -0.2) is 0 Å². The monoisotopic (exact) mass is 232 g/mol. The van der Waals surface area contributed by atoms with Crippen molar-refractivity contribution in [3.63, 3.8) is 0 Å². The van der Waals surface area contributed by atoms with Crippen molar-refractivity contribution in [2.45, 2.75) is 12.3 Å². The Morgan fingerprint density at radius 2 is 1.78 bits per heavy atom. The number of hydrogen-bond donors (Lipinski definition) is 0. The second-order valence-electron chi connectivity index (χ2n) is 4.74. The topological polar surface area (TPSA) is 0 Å². The Hall–Kier alpha value is -2.08. The molecule has 2 aromatic carbocycles. The highest BCUT2D eigenvalue weighted by molar-refractivity contribution is 5.62. The molecule has 0 amide bonds. The first-order chi connectivity index (χ1) is 8.86. The van der Waals surface area contributed by atoms with Gasteiger partial charge in [0.2, 0.25) is 0 Å².